The van der Waals surface area contributed by atoms with Gasteiger partial charge in [-0.25, -0.2) is 24.9 Å². The Morgan fingerprint density at radius 3 is 1.58 bits per heavy atom. The second-order valence-electron chi connectivity index (χ2n) is 16.9. The molecule has 0 radical (unpaired) electrons. The van der Waals surface area contributed by atoms with Crippen molar-refractivity contribution in [3.8, 4) is 90.3 Å². The van der Waals surface area contributed by atoms with Crippen molar-refractivity contribution in [1.82, 2.24) is 24.9 Å². The van der Waals surface area contributed by atoms with Crippen molar-refractivity contribution in [2.45, 2.75) is 19.3 Å². The molecule has 0 bridgehead atoms. The Labute approximate surface area is 370 Å². The Morgan fingerprint density at radius 2 is 0.812 bits per heavy atom. The number of hydrogen-bond donors (Lipinski definition) is 0. The van der Waals surface area contributed by atoms with Gasteiger partial charge in [-0.15, -0.1) is 0 Å². The standard InChI is InChI=1S/C58H39N5O/c1-58(2)48-22-11-9-20-44(48)47-33-42(29-31-49(47)58)57-62-54(39-16-7-4-8-17-39)61-56(63-57)41-19-13-18-40(32-41)36-24-26-38(27-25-36)51-35-50(37-14-5-3-6-15-37)59-55(60-51)43-28-30-46-45-21-10-12-23-52(45)64-53(46)34-43/h3-35H,1-2H3. The largest absolute Gasteiger partial charge is 0.456 e. The summed E-state index contributed by atoms with van der Waals surface area (Å²) in [6.07, 6.45) is 0. The number of rotatable bonds is 7. The SMILES string of the molecule is CC1(C)c2ccccc2-c2cc(-c3nc(-c4ccccc4)nc(-c4cccc(-c5ccc(-c6cc(-c7ccccc7)nc(-c7ccc8c(c7)oc7ccccc78)n6)cc5)c4)n3)ccc21. The van der Waals surface area contributed by atoms with Gasteiger partial charge >= 0.3 is 0 Å². The molecule has 1 aliphatic rings. The van der Waals surface area contributed by atoms with Gasteiger partial charge in [0.2, 0.25) is 0 Å². The van der Waals surface area contributed by atoms with E-state index in [9.17, 15) is 0 Å². The molecule has 0 spiro atoms. The van der Waals surface area contributed by atoms with E-state index in [1.807, 2.05) is 72.8 Å². The van der Waals surface area contributed by atoms with E-state index in [2.05, 4.69) is 141 Å². The molecule has 0 amide bonds. The molecule has 0 unspecified atom stereocenters. The minimum Gasteiger partial charge on any atom is -0.456 e. The summed E-state index contributed by atoms with van der Waals surface area (Å²) in [4.78, 5) is 25.5. The van der Waals surface area contributed by atoms with Crippen LogP contribution in [-0.2, 0) is 5.41 Å². The molecule has 11 aromatic rings. The first kappa shape index (κ1) is 37.4. The Morgan fingerprint density at radius 1 is 0.312 bits per heavy atom. The van der Waals surface area contributed by atoms with E-state index in [1.54, 1.807) is 0 Å². The van der Waals surface area contributed by atoms with Crippen LogP contribution >= 0.6 is 0 Å². The Balaban J connectivity index is 0.908. The maximum atomic E-state index is 6.25. The van der Waals surface area contributed by atoms with Crippen LogP contribution in [0.25, 0.3) is 112 Å². The predicted octanol–water partition coefficient (Wildman–Crippen LogP) is 14.5. The van der Waals surface area contributed by atoms with Gasteiger partial charge in [0.15, 0.2) is 23.3 Å². The van der Waals surface area contributed by atoms with E-state index < -0.39 is 0 Å². The third-order valence-corrected chi connectivity index (χ3v) is 12.6. The molecule has 3 heterocycles. The van der Waals surface area contributed by atoms with Crippen molar-refractivity contribution in [2.24, 2.45) is 0 Å². The summed E-state index contributed by atoms with van der Waals surface area (Å²) in [7, 11) is 0. The molecular weight excluding hydrogens is 783 g/mol. The number of nitrogens with zero attached hydrogens (tertiary/aromatic N) is 5. The zero-order valence-electron chi connectivity index (χ0n) is 35.2. The highest BCUT2D eigenvalue weighted by molar-refractivity contribution is 6.05. The van der Waals surface area contributed by atoms with Gasteiger partial charge in [0, 0.05) is 49.6 Å². The van der Waals surface area contributed by atoms with Crippen LogP contribution in [0.1, 0.15) is 25.0 Å². The predicted molar refractivity (Wildman–Crippen MR) is 258 cm³/mol. The van der Waals surface area contributed by atoms with Crippen LogP contribution in [-0.4, -0.2) is 24.9 Å². The molecule has 0 N–H and O–H groups in total. The molecule has 0 saturated carbocycles. The summed E-state index contributed by atoms with van der Waals surface area (Å²) >= 11 is 0. The van der Waals surface area contributed by atoms with Crippen LogP contribution in [0.4, 0.5) is 0 Å². The summed E-state index contributed by atoms with van der Waals surface area (Å²) in [5, 5.41) is 2.16. The molecule has 12 rings (SSSR count). The first-order chi connectivity index (χ1) is 31.4. The number of aromatic nitrogens is 5. The molecule has 0 saturated heterocycles. The van der Waals surface area contributed by atoms with Crippen LogP contribution < -0.4 is 0 Å². The fraction of sp³-hybridized carbons (Fsp3) is 0.0517. The van der Waals surface area contributed by atoms with Crippen LogP contribution in [0.2, 0.25) is 0 Å². The lowest BCUT2D eigenvalue weighted by atomic mass is 9.82. The number of furan rings is 1. The van der Waals surface area contributed by atoms with E-state index >= 15 is 0 Å². The maximum Gasteiger partial charge on any atom is 0.164 e. The summed E-state index contributed by atoms with van der Waals surface area (Å²) in [6, 6.07) is 69.1. The summed E-state index contributed by atoms with van der Waals surface area (Å²) in [6.45, 7) is 4.59. The summed E-state index contributed by atoms with van der Waals surface area (Å²) in [5.74, 6) is 2.52. The Kier molecular flexibility index (Phi) is 8.73. The molecule has 8 aromatic carbocycles. The second kappa shape index (κ2) is 14.9. The highest BCUT2D eigenvalue weighted by atomic mass is 16.3. The van der Waals surface area contributed by atoms with Gasteiger partial charge in [-0.1, -0.05) is 178 Å². The van der Waals surface area contributed by atoms with E-state index in [4.69, 9.17) is 29.3 Å². The number of benzene rings is 8. The van der Waals surface area contributed by atoms with E-state index in [0.717, 1.165) is 77.8 Å². The molecule has 0 fully saturated rings. The molecule has 64 heavy (non-hydrogen) atoms. The third kappa shape index (κ3) is 6.47. The molecular formula is C58H39N5O. The minimum absolute atomic E-state index is 0.0856. The molecule has 0 aliphatic heterocycles. The highest BCUT2D eigenvalue weighted by Crippen LogP contribution is 2.49. The van der Waals surface area contributed by atoms with Crippen molar-refractivity contribution < 1.29 is 4.42 Å². The zero-order valence-corrected chi connectivity index (χ0v) is 35.2. The van der Waals surface area contributed by atoms with Crippen LogP contribution in [0, 0.1) is 0 Å². The van der Waals surface area contributed by atoms with Crippen molar-refractivity contribution in [1.29, 1.82) is 0 Å². The normalized spacial score (nSPS) is 12.7. The van der Waals surface area contributed by atoms with Crippen LogP contribution in [0.5, 0.6) is 0 Å². The van der Waals surface area contributed by atoms with Crippen molar-refractivity contribution in [2.75, 3.05) is 0 Å². The highest BCUT2D eigenvalue weighted by Gasteiger charge is 2.35. The van der Waals surface area contributed by atoms with E-state index in [1.165, 1.54) is 22.3 Å². The van der Waals surface area contributed by atoms with E-state index in [0.29, 0.717) is 23.3 Å². The summed E-state index contributed by atoms with van der Waals surface area (Å²) in [5.41, 5.74) is 16.2. The van der Waals surface area contributed by atoms with Crippen LogP contribution in [0.3, 0.4) is 0 Å². The Bertz CT molecular complexity index is 3580. The molecule has 3 aromatic heterocycles. The maximum absolute atomic E-state index is 6.25. The van der Waals surface area contributed by atoms with Gasteiger partial charge in [-0.2, -0.15) is 0 Å². The number of hydrogen-bond acceptors (Lipinski definition) is 6. The quantitative estimate of drug-likeness (QED) is 0.159. The van der Waals surface area contributed by atoms with Crippen molar-refractivity contribution in [3.63, 3.8) is 0 Å². The number of para-hydroxylation sites is 1. The van der Waals surface area contributed by atoms with Crippen LogP contribution in [0.15, 0.2) is 205 Å². The first-order valence-corrected chi connectivity index (χ1v) is 21.6. The van der Waals surface area contributed by atoms with Gasteiger partial charge < -0.3 is 4.42 Å². The number of fused-ring (bicyclic) bond motifs is 6. The molecule has 6 heteroatoms. The van der Waals surface area contributed by atoms with Gasteiger partial charge in [-0.3, -0.25) is 0 Å². The average Bonchev–Trinajstić information content (AvgIpc) is 3.85. The molecule has 6 nitrogen and oxygen atoms in total. The fourth-order valence-corrected chi connectivity index (χ4v) is 9.23. The summed E-state index contributed by atoms with van der Waals surface area (Å²) < 4.78 is 6.25. The third-order valence-electron chi connectivity index (χ3n) is 12.6. The van der Waals surface area contributed by atoms with Gasteiger partial charge in [-0.05, 0) is 69.8 Å². The Hall–Kier alpha value is -8.35. The molecule has 1 aliphatic carbocycles. The van der Waals surface area contributed by atoms with Gasteiger partial charge in [0.05, 0.1) is 11.4 Å². The lowest BCUT2D eigenvalue weighted by Gasteiger charge is -2.21. The molecule has 0 atom stereocenters. The van der Waals surface area contributed by atoms with Gasteiger partial charge in [0.25, 0.3) is 0 Å². The minimum atomic E-state index is -0.0856. The smallest absolute Gasteiger partial charge is 0.164 e. The average molecular weight is 822 g/mol. The zero-order chi connectivity index (χ0) is 42.8. The molecule has 302 valence electrons. The first-order valence-electron chi connectivity index (χ1n) is 21.6. The van der Waals surface area contributed by atoms with Gasteiger partial charge in [0.1, 0.15) is 11.2 Å². The second-order valence-corrected chi connectivity index (χ2v) is 16.9. The van der Waals surface area contributed by atoms with Crippen molar-refractivity contribution >= 4 is 21.9 Å². The lowest BCUT2D eigenvalue weighted by molar-refractivity contribution is 0.660. The monoisotopic (exact) mass is 821 g/mol. The van der Waals surface area contributed by atoms with E-state index in [-0.39, 0.29) is 5.41 Å². The fourth-order valence-electron chi connectivity index (χ4n) is 9.23. The lowest BCUT2D eigenvalue weighted by Crippen LogP contribution is -2.14. The van der Waals surface area contributed by atoms with Crippen molar-refractivity contribution in [3.05, 3.63) is 211 Å². The topological polar surface area (TPSA) is 77.6 Å².